The van der Waals surface area contributed by atoms with E-state index in [-0.39, 0.29) is 0 Å². The molecule has 0 atom stereocenters. The number of nitrogens with zero attached hydrogens (tertiary/aromatic N) is 1. The van der Waals surface area contributed by atoms with Crippen molar-refractivity contribution in [2.75, 3.05) is 31.2 Å². The van der Waals surface area contributed by atoms with E-state index < -0.39 is 0 Å². The molecule has 2 nitrogen and oxygen atoms in total. The van der Waals surface area contributed by atoms with Crippen LogP contribution in [0.2, 0.25) is 0 Å². The molecule has 0 N–H and O–H groups in total. The summed E-state index contributed by atoms with van der Waals surface area (Å²) in [5.41, 5.74) is 0.458. The Balaban J connectivity index is 2.37. The van der Waals surface area contributed by atoms with Crippen LogP contribution in [0.3, 0.4) is 0 Å². The van der Waals surface area contributed by atoms with Crippen molar-refractivity contribution in [2.24, 2.45) is 5.41 Å². The molecule has 0 radical (unpaired) electrons. The lowest BCUT2D eigenvalue weighted by Crippen LogP contribution is -2.52. The van der Waals surface area contributed by atoms with Gasteiger partial charge in [-0.3, -0.25) is 0 Å². The molecule has 0 saturated carbocycles. The third-order valence-corrected chi connectivity index (χ3v) is 4.18. The first kappa shape index (κ1) is 10.7. The molecule has 0 aromatic carbocycles. The molecule has 1 heterocycles. The largest absolute Gasteiger partial charge is 0.380 e. The lowest BCUT2D eigenvalue weighted by molar-refractivity contribution is -0.110. The number of alkyl halides is 1. The van der Waals surface area contributed by atoms with Gasteiger partial charge in [-0.05, 0) is 20.9 Å². The van der Waals surface area contributed by atoms with E-state index in [0.29, 0.717) is 11.5 Å². The summed E-state index contributed by atoms with van der Waals surface area (Å²) in [5, 5.41) is 0. The van der Waals surface area contributed by atoms with Crippen molar-refractivity contribution in [1.82, 2.24) is 4.90 Å². The summed E-state index contributed by atoms with van der Waals surface area (Å²) < 4.78 is 6.49. The second-order valence-corrected chi connectivity index (χ2v) is 4.90. The summed E-state index contributed by atoms with van der Waals surface area (Å²) in [6, 6.07) is 0.644. The molecule has 1 fully saturated rings. The van der Waals surface area contributed by atoms with Gasteiger partial charge in [-0.15, -0.1) is 0 Å². The Morgan fingerprint density at radius 1 is 1.50 bits per heavy atom. The highest BCUT2D eigenvalue weighted by molar-refractivity contribution is 14.1. The minimum absolute atomic E-state index is 0.458. The van der Waals surface area contributed by atoms with Crippen molar-refractivity contribution in [3.8, 4) is 0 Å². The van der Waals surface area contributed by atoms with Crippen LogP contribution < -0.4 is 0 Å². The average Bonchev–Trinajstić information content (AvgIpc) is 1.96. The van der Waals surface area contributed by atoms with Gasteiger partial charge in [-0.2, -0.15) is 0 Å². The number of halogens is 1. The average molecular weight is 283 g/mol. The highest BCUT2D eigenvalue weighted by atomic mass is 127. The van der Waals surface area contributed by atoms with E-state index in [2.05, 4.69) is 48.4 Å². The van der Waals surface area contributed by atoms with Gasteiger partial charge in [0.25, 0.3) is 0 Å². The van der Waals surface area contributed by atoms with Gasteiger partial charge in [0.15, 0.2) is 0 Å². The molecule has 12 heavy (non-hydrogen) atoms. The highest BCUT2D eigenvalue weighted by Gasteiger charge is 2.38. The van der Waals surface area contributed by atoms with Crippen LogP contribution in [0, 0.1) is 5.41 Å². The van der Waals surface area contributed by atoms with E-state index in [0.717, 1.165) is 13.2 Å². The van der Waals surface area contributed by atoms with E-state index in [4.69, 9.17) is 4.74 Å². The van der Waals surface area contributed by atoms with Crippen molar-refractivity contribution in [2.45, 2.75) is 19.9 Å². The second kappa shape index (κ2) is 4.24. The fourth-order valence-corrected chi connectivity index (χ4v) is 1.99. The topological polar surface area (TPSA) is 12.5 Å². The van der Waals surface area contributed by atoms with Crippen LogP contribution in [-0.2, 0) is 4.74 Å². The predicted molar refractivity (Wildman–Crippen MR) is 59.9 cm³/mol. The monoisotopic (exact) mass is 283 g/mol. The number of ether oxygens (including phenoxy) is 1. The third kappa shape index (κ3) is 2.33. The lowest BCUT2D eigenvalue weighted by Gasteiger charge is -2.43. The van der Waals surface area contributed by atoms with Crippen molar-refractivity contribution in [3.63, 3.8) is 0 Å². The first-order chi connectivity index (χ1) is 5.59. The van der Waals surface area contributed by atoms with Crippen molar-refractivity contribution in [1.29, 1.82) is 0 Å². The van der Waals surface area contributed by atoms with Gasteiger partial charge in [-0.1, -0.05) is 22.6 Å². The predicted octanol–water partition coefficient (Wildman–Crippen LogP) is 1.78. The normalized spacial score (nSPS) is 21.5. The van der Waals surface area contributed by atoms with Crippen LogP contribution >= 0.6 is 22.6 Å². The smallest absolute Gasteiger partial charge is 0.0564 e. The lowest BCUT2D eigenvalue weighted by atomic mass is 9.88. The molecule has 1 rings (SSSR count). The molecule has 1 saturated heterocycles. The number of hydrogen-bond donors (Lipinski definition) is 0. The third-order valence-electron chi connectivity index (χ3n) is 2.57. The first-order valence-electron chi connectivity index (χ1n) is 4.44. The maximum absolute atomic E-state index is 5.28. The SMILES string of the molecule is CC(C)N(C)CC1(CI)COC1. The van der Waals surface area contributed by atoms with E-state index in [1.54, 1.807) is 0 Å². The zero-order valence-electron chi connectivity index (χ0n) is 8.14. The number of hydrogen-bond acceptors (Lipinski definition) is 2. The van der Waals surface area contributed by atoms with Crippen LogP contribution in [-0.4, -0.2) is 42.2 Å². The second-order valence-electron chi connectivity index (χ2n) is 4.14. The van der Waals surface area contributed by atoms with Crippen LogP contribution in [0.4, 0.5) is 0 Å². The van der Waals surface area contributed by atoms with Crippen LogP contribution in [0.1, 0.15) is 13.8 Å². The molecule has 0 spiro atoms. The maximum Gasteiger partial charge on any atom is 0.0564 e. The van der Waals surface area contributed by atoms with Gasteiger partial charge in [0.2, 0.25) is 0 Å². The fraction of sp³-hybridized carbons (Fsp3) is 1.00. The molecule has 3 heteroatoms. The van der Waals surface area contributed by atoms with E-state index in [9.17, 15) is 0 Å². The van der Waals surface area contributed by atoms with Crippen molar-refractivity contribution < 1.29 is 4.74 Å². The minimum atomic E-state index is 0.458. The molecule has 1 aliphatic heterocycles. The number of rotatable bonds is 4. The molecule has 0 aromatic rings. The Morgan fingerprint density at radius 2 is 2.08 bits per heavy atom. The highest BCUT2D eigenvalue weighted by Crippen LogP contribution is 2.30. The van der Waals surface area contributed by atoms with Crippen molar-refractivity contribution >= 4 is 22.6 Å². The Labute approximate surface area is 88.8 Å². The summed E-state index contributed by atoms with van der Waals surface area (Å²) in [4.78, 5) is 2.40. The molecule has 0 aromatic heterocycles. The van der Waals surface area contributed by atoms with Crippen molar-refractivity contribution in [3.05, 3.63) is 0 Å². The molecular weight excluding hydrogens is 265 g/mol. The Kier molecular flexibility index (Phi) is 3.79. The van der Waals surface area contributed by atoms with Crippen LogP contribution in [0.25, 0.3) is 0 Å². The quantitative estimate of drug-likeness (QED) is 0.576. The summed E-state index contributed by atoms with van der Waals surface area (Å²) >= 11 is 2.47. The fourth-order valence-electron chi connectivity index (χ4n) is 1.31. The van der Waals surface area contributed by atoms with E-state index in [1.807, 2.05) is 0 Å². The molecule has 0 unspecified atom stereocenters. The van der Waals surface area contributed by atoms with Gasteiger partial charge in [0.1, 0.15) is 0 Å². The van der Waals surface area contributed by atoms with Gasteiger partial charge >= 0.3 is 0 Å². The summed E-state index contributed by atoms with van der Waals surface area (Å²) in [6.45, 7) is 7.55. The van der Waals surface area contributed by atoms with Crippen LogP contribution in [0.5, 0.6) is 0 Å². The Bertz CT molecular complexity index is 140. The van der Waals surface area contributed by atoms with Gasteiger partial charge < -0.3 is 9.64 Å². The Hall–Kier alpha value is 0.650. The standard InChI is InChI=1S/C9H18INO/c1-8(2)11(3)5-9(4-10)6-12-7-9/h8H,4-7H2,1-3H3. The molecular formula is C9H18INO. The zero-order valence-corrected chi connectivity index (χ0v) is 10.3. The molecule has 0 aliphatic carbocycles. The van der Waals surface area contributed by atoms with Gasteiger partial charge in [-0.25, -0.2) is 0 Å². The Morgan fingerprint density at radius 3 is 2.33 bits per heavy atom. The zero-order chi connectivity index (χ0) is 9.19. The maximum atomic E-state index is 5.28. The molecule has 0 amide bonds. The van der Waals surface area contributed by atoms with Gasteiger partial charge in [0.05, 0.1) is 13.2 Å². The van der Waals surface area contributed by atoms with E-state index in [1.165, 1.54) is 11.0 Å². The van der Waals surface area contributed by atoms with E-state index >= 15 is 0 Å². The summed E-state index contributed by atoms with van der Waals surface area (Å²) in [7, 11) is 2.19. The molecule has 72 valence electrons. The van der Waals surface area contributed by atoms with Gasteiger partial charge in [0, 0.05) is 22.4 Å². The van der Waals surface area contributed by atoms with Crippen LogP contribution in [0.15, 0.2) is 0 Å². The summed E-state index contributed by atoms with van der Waals surface area (Å²) in [6.07, 6.45) is 0. The summed E-state index contributed by atoms with van der Waals surface area (Å²) in [5.74, 6) is 0. The first-order valence-corrected chi connectivity index (χ1v) is 5.96. The minimum Gasteiger partial charge on any atom is -0.380 e. The molecule has 1 aliphatic rings. The molecule has 0 bridgehead atoms.